The van der Waals surface area contributed by atoms with E-state index in [1.807, 2.05) is 32.0 Å². The molecule has 7 heteroatoms. The zero-order valence-electron chi connectivity index (χ0n) is 25.6. The Morgan fingerprint density at radius 1 is 1.13 bits per heavy atom. The summed E-state index contributed by atoms with van der Waals surface area (Å²) in [7, 11) is -2.82. The summed E-state index contributed by atoms with van der Waals surface area (Å²) in [6.45, 7) is -1.70. The number of carbonyl (C=O) groups excluding carboxylic acids is 1. The van der Waals surface area contributed by atoms with Crippen molar-refractivity contribution in [2.45, 2.75) is 19.9 Å². The predicted molar refractivity (Wildman–Crippen MR) is 122 cm³/mol. The minimum absolute atomic E-state index is 0.0857. The Kier molecular flexibility index (Phi) is 5.19. The van der Waals surface area contributed by atoms with Crippen molar-refractivity contribution in [3.05, 3.63) is 53.6 Å². The van der Waals surface area contributed by atoms with Gasteiger partial charge in [-0.3, -0.25) is 14.6 Å². The van der Waals surface area contributed by atoms with Crippen LogP contribution in [0.5, 0.6) is 11.5 Å². The first-order valence-corrected chi connectivity index (χ1v) is 9.97. The van der Waals surface area contributed by atoms with Crippen molar-refractivity contribution < 1.29 is 30.3 Å². The van der Waals surface area contributed by atoms with Gasteiger partial charge in [0.25, 0.3) is 0 Å². The van der Waals surface area contributed by atoms with Crippen molar-refractivity contribution in [3.63, 3.8) is 0 Å². The van der Waals surface area contributed by atoms with Gasteiger partial charge in [-0.25, -0.2) is 0 Å². The van der Waals surface area contributed by atoms with E-state index in [1.54, 1.807) is 4.90 Å². The Bertz CT molecular complexity index is 1150. The van der Waals surface area contributed by atoms with E-state index in [1.165, 1.54) is 29.2 Å². The van der Waals surface area contributed by atoms with Crippen LogP contribution in [0.4, 0.5) is 5.69 Å². The number of hydrogen-bond donors (Lipinski definition) is 2. The van der Waals surface area contributed by atoms with E-state index in [9.17, 15) is 9.90 Å². The van der Waals surface area contributed by atoms with Gasteiger partial charge in [-0.2, -0.15) is 0 Å². The minimum atomic E-state index is -2.97. The van der Waals surface area contributed by atoms with Gasteiger partial charge < -0.3 is 19.9 Å². The standard InChI is InChI=1S/C24H33N3O4/c1-18-7-6-8-19(2)24(18)25-23(29)16-27-13-11-26(12-14-27)15-20(28)17-31-22-10-5-4-9-21(22)30-3/h4-10,20,28H,11-17H2,1-3H3,(H,25,29)/i3D3,16D2,17D2,20D. The van der Waals surface area contributed by atoms with Crippen LogP contribution in [-0.2, 0) is 4.79 Å². The fourth-order valence-corrected chi connectivity index (χ4v) is 3.29. The Labute approximate surface area is 195 Å². The molecule has 1 atom stereocenters. The number of para-hydroxylation sites is 3. The molecule has 168 valence electrons. The number of methoxy groups -OCH3 is 1. The zero-order chi connectivity index (χ0) is 29.2. The molecule has 1 aliphatic heterocycles. The largest absolute Gasteiger partial charge is 0.493 e. The number of rotatable bonds is 9. The van der Waals surface area contributed by atoms with E-state index < -0.39 is 38.6 Å². The van der Waals surface area contributed by atoms with Crippen LogP contribution in [-0.4, -0.2) is 79.7 Å². The molecule has 7 nitrogen and oxygen atoms in total. The van der Waals surface area contributed by atoms with Crippen molar-refractivity contribution in [1.29, 1.82) is 0 Å². The second-order valence-corrected chi connectivity index (χ2v) is 7.30. The number of hydrogen-bond acceptors (Lipinski definition) is 6. The maximum absolute atomic E-state index is 12.8. The topological polar surface area (TPSA) is 74.3 Å². The molecule has 31 heavy (non-hydrogen) atoms. The fourth-order valence-electron chi connectivity index (χ4n) is 3.29. The molecular weight excluding hydrogens is 394 g/mol. The second kappa shape index (κ2) is 11.1. The Morgan fingerprint density at radius 3 is 2.45 bits per heavy atom. The molecule has 1 aliphatic rings. The Morgan fingerprint density at radius 2 is 1.77 bits per heavy atom. The molecule has 0 saturated carbocycles. The summed E-state index contributed by atoms with van der Waals surface area (Å²) in [5, 5.41) is 13.4. The lowest BCUT2D eigenvalue weighted by Crippen LogP contribution is -2.50. The van der Waals surface area contributed by atoms with Gasteiger partial charge in [0.2, 0.25) is 5.91 Å². The van der Waals surface area contributed by atoms with Crippen LogP contribution in [0, 0.1) is 13.8 Å². The lowest BCUT2D eigenvalue weighted by atomic mass is 10.1. The predicted octanol–water partition coefficient (Wildman–Crippen LogP) is 2.31. The van der Waals surface area contributed by atoms with Gasteiger partial charge in [0.05, 0.1) is 24.5 Å². The van der Waals surface area contributed by atoms with Crippen LogP contribution in [0.2, 0.25) is 0 Å². The molecule has 1 amide bonds. The number of β-amino-alcohol motifs (C(OH)–C–C–N with tert-alkyl or cyclic N) is 1. The normalized spacial score (nSPS) is 22.2. The number of piperazine rings is 1. The third-order valence-electron chi connectivity index (χ3n) is 4.96. The molecule has 1 heterocycles. The molecule has 1 unspecified atom stereocenters. The summed E-state index contributed by atoms with van der Waals surface area (Å²) in [6.07, 6.45) is -2.79. The highest BCUT2D eigenvalue weighted by Gasteiger charge is 2.21. The van der Waals surface area contributed by atoms with Gasteiger partial charge in [-0.05, 0) is 37.1 Å². The van der Waals surface area contributed by atoms with Crippen molar-refractivity contribution >= 4 is 11.6 Å². The number of anilines is 1. The van der Waals surface area contributed by atoms with Crippen LogP contribution in [0.3, 0.4) is 0 Å². The highest BCUT2D eigenvalue weighted by molar-refractivity contribution is 5.93. The lowest BCUT2D eigenvalue weighted by molar-refractivity contribution is -0.117. The van der Waals surface area contributed by atoms with Gasteiger partial charge in [0, 0.05) is 38.4 Å². The summed E-state index contributed by atoms with van der Waals surface area (Å²) >= 11 is 0. The van der Waals surface area contributed by atoms with Crippen molar-refractivity contribution in [3.8, 4) is 11.5 Å². The van der Waals surface area contributed by atoms with Gasteiger partial charge in [-0.15, -0.1) is 0 Å². The molecule has 2 aromatic carbocycles. The fraction of sp³-hybridized carbons (Fsp3) is 0.458. The van der Waals surface area contributed by atoms with E-state index in [0.717, 1.165) is 11.1 Å². The number of nitrogens with zero attached hydrogens (tertiary/aromatic N) is 2. The van der Waals surface area contributed by atoms with Crippen LogP contribution >= 0.6 is 0 Å². The van der Waals surface area contributed by atoms with E-state index in [2.05, 4.69) is 5.32 Å². The van der Waals surface area contributed by atoms with Crippen molar-refractivity contribution in [2.75, 3.05) is 58.1 Å². The van der Waals surface area contributed by atoms with Crippen LogP contribution in [0.1, 0.15) is 22.1 Å². The van der Waals surface area contributed by atoms with Crippen LogP contribution in [0.15, 0.2) is 42.5 Å². The van der Waals surface area contributed by atoms with Gasteiger partial charge in [0.15, 0.2) is 11.5 Å². The highest BCUT2D eigenvalue weighted by atomic mass is 16.5. The van der Waals surface area contributed by atoms with Gasteiger partial charge in [-0.1, -0.05) is 30.3 Å². The molecular formula is C24H33N3O4. The average molecular weight is 436 g/mol. The monoisotopic (exact) mass is 435 g/mol. The maximum Gasteiger partial charge on any atom is 0.238 e. The summed E-state index contributed by atoms with van der Waals surface area (Å²) in [4.78, 5) is 15.8. The number of aryl methyl sites for hydroxylation is 2. The van der Waals surface area contributed by atoms with Gasteiger partial charge in [0.1, 0.15) is 12.6 Å². The zero-order valence-corrected chi connectivity index (χ0v) is 17.6. The number of ether oxygens (including phenoxy) is 2. The first-order chi connectivity index (χ1) is 17.9. The number of amides is 1. The number of benzene rings is 2. The second-order valence-electron chi connectivity index (χ2n) is 7.30. The number of aliphatic hydroxyl groups is 1. The Balaban J connectivity index is 1.62. The van der Waals surface area contributed by atoms with Crippen molar-refractivity contribution in [1.82, 2.24) is 9.80 Å². The molecule has 2 N–H and O–H groups in total. The summed E-state index contributed by atoms with van der Waals surface area (Å²) in [6, 6.07) is 10.9. The highest BCUT2D eigenvalue weighted by Crippen LogP contribution is 2.25. The van der Waals surface area contributed by atoms with E-state index >= 15 is 0 Å². The SMILES string of the molecule is [2H]C([2H])([2H])Oc1ccccc1OC([2H])([2H])C([2H])(O)CN1CCN(C([2H])([2H])C(=O)Nc2c(C)cccc2C)CC1. The average Bonchev–Trinajstić information content (AvgIpc) is 2.81. The third kappa shape index (κ3) is 6.69. The molecule has 3 rings (SSSR count). The first-order valence-electron chi connectivity index (χ1n) is 14.0. The van der Waals surface area contributed by atoms with E-state index in [0.29, 0.717) is 5.69 Å². The molecule has 1 fully saturated rings. The van der Waals surface area contributed by atoms with E-state index in [4.69, 9.17) is 20.4 Å². The molecule has 0 spiro atoms. The summed E-state index contributed by atoms with van der Waals surface area (Å²) < 4.78 is 73.4. The number of nitrogens with one attached hydrogen (secondary N) is 1. The smallest absolute Gasteiger partial charge is 0.238 e. The maximum atomic E-state index is 12.8. The molecule has 0 bridgehead atoms. The van der Waals surface area contributed by atoms with Crippen LogP contribution in [0.25, 0.3) is 0 Å². The summed E-state index contributed by atoms with van der Waals surface area (Å²) in [5.41, 5.74) is 2.17. The quantitative estimate of drug-likeness (QED) is 0.630. The third-order valence-corrected chi connectivity index (χ3v) is 4.96. The van der Waals surface area contributed by atoms with Gasteiger partial charge >= 0.3 is 0 Å². The van der Waals surface area contributed by atoms with Crippen LogP contribution < -0.4 is 14.8 Å². The molecule has 0 aliphatic carbocycles. The minimum Gasteiger partial charge on any atom is -0.493 e. The molecule has 0 aromatic heterocycles. The van der Waals surface area contributed by atoms with E-state index in [-0.39, 0.29) is 37.7 Å². The molecule has 2 aromatic rings. The molecule has 0 radical (unpaired) electrons. The Hall–Kier alpha value is -2.61. The summed E-state index contributed by atoms with van der Waals surface area (Å²) in [5.74, 6) is -1.38. The van der Waals surface area contributed by atoms with Crippen molar-refractivity contribution in [2.24, 2.45) is 0 Å². The number of carbonyl (C=O) groups is 1. The molecule has 1 saturated heterocycles. The first kappa shape index (κ1) is 14.5. The lowest BCUT2D eigenvalue weighted by Gasteiger charge is -2.35.